The topological polar surface area (TPSA) is 73.8 Å². The second-order valence-corrected chi connectivity index (χ2v) is 4.97. The van der Waals surface area contributed by atoms with Crippen molar-refractivity contribution >= 4 is 17.5 Å². The fraction of sp³-hybridized carbons (Fsp3) is 0.0625. The SMILES string of the molecule is NC(=O)c1nc(-c2ccccc2)n(-c2cccc(CCl)c2)n1. The molecule has 3 rings (SSSR count). The lowest BCUT2D eigenvalue weighted by atomic mass is 10.2. The van der Waals surface area contributed by atoms with E-state index in [1.165, 1.54) is 0 Å². The van der Waals surface area contributed by atoms with Gasteiger partial charge in [-0.05, 0) is 17.7 Å². The van der Waals surface area contributed by atoms with Crippen molar-refractivity contribution in [2.45, 2.75) is 5.88 Å². The summed E-state index contributed by atoms with van der Waals surface area (Å²) in [6, 6.07) is 17.1. The zero-order chi connectivity index (χ0) is 15.5. The molecule has 1 aromatic heterocycles. The lowest BCUT2D eigenvalue weighted by molar-refractivity contribution is 0.0990. The highest BCUT2D eigenvalue weighted by molar-refractivity contribution is 6.17. The van der Waals surface area contributed by atoms with Crippen LogP contribution in [0.15, 0.2) is 54.6 Å². The van der Waals surface area contributed by atoms with Gasteiger partial charge in [0.15, 0.2) is 5.82 Å². The molecule has 5 nitrogen and oxygen atoms in total. The van der Waals surface area contributed by atoms with Crippen molar-refractivity contribution in [1.29, 1.82) is 0 Å². The number of carbonyl (C=O) groups is 1. The Kier molecular flexibility index (Phi) is 3.89. The first-order valence-electron chi connectivity index (χ1n) is 6.66. The Morgan fingerprint density at radius 3 is 2.59 bits per heavy atom. The first-order valence-corrected chi connectivity index (χ1v) is 7.20. The summed E-state index contributed by atoms with van der Waals surface area (Å²) < 4.78 is 1.60. The van der Waals surface area contributed by atoms with Gasteiger partial charge in [-0.25, -0.2) is 9.67 Å². The minimum absolute atomic E-state index is 0.0184. The van der Waals surface area contributed by atoms with Crippen molar-refractivity contribution in [3.8, 4) is 17.1 Å². The van der Waals surface area contributed by atoms with E-state index in [9.17, 15) is 4.79 Å². The Labute approximate surface area is 132 Å². The van der Waals surface area contributed by atoms with E-state index in [0.717, 1.165) is 16.8 Å². The highest BCUT2D eigenvalue weighted by Crippen LogP contribution is 2.22. The van der Waals surface area contributed by atoms with Crippen LogP contribution in [-0.2, 0) is 5.88 Å². The number of hydrogen-bond acceptors (Lipinski definition) is 3. The Balaban J connectivity index is 2.19. The van der Waals surface area contributed by atoms with E-state index in [-0.39, 0.29) is 5.82 Å². The van der Waals surface area contributed by atoms with Crippen LogP contribution in [0.3, 0.4) is 0 Å². The number of rotatable bonds is 4. The van der Waals surface area contributed by atoms with Gasteiger partial charge >= 0.3 is 0 Å². The van der Waals surface area contributed by atoms with Crippen LogP contribution < -0.4 is 5.73 Å². The molecule has 0 bridgehead atoms. The molecule has 1 heterocycles. The van der Waals surface area contributed by atoms with E-state index in [4.69, 9.17) is 17.3 Å². The summed E-state index contributed by atoms with van der Waals surface area (Å²) in [7, 11) is 0. The molecule has 0 saturated heterocycles. The molecule has 0 radical (unpaired) electrons. The van der Waals surface area contributed by atoms with Crippen LogP contribution >= 0.6 is 11.6 Å². The third-order valence-electron chi connectivity index (χ3n) is 3.17. The fourth-order valence-electron chi connectivity index (χ4n) is 2.14. The number of primary amides is 1. The van der Waals surface area contributed by atoms with E-state index in [1.54, 1.807) is 4.68 Å². The maximum atomic E-state index is 11.4. The smallest absolute Gasteiger partial charge is 0.288 e. The minimum atomic E-state index is -0.663. The van der Waals surface area contributed by atoms with E-state index in [1.807, 2.05) is 54.6 Å². The van der Waals surface area contributed by atoms with Crippen LogP contribution in [0.25, 0.3) is 17.1 Å². The average Bonchev–Trinajstić information content (AvgIpc) is 3.01. The van der Waals surface area contributed by atoms with Crippen LogP contribution in [-0.4, -0.2) is 20.7 Å². The summed E-state index contributed by atoms with van der Waals surface area (Å²) in [6.45, 7) is 0. The van der Waals surface area contributed by atoms with Gasteiger partial charge in [0.05, 0.1) is 5.69 Å². The molecule has 2 aromatic carbocycles. The summed E-state index contributed by atoms with van der Waals surface area (Å²) in [5, 5.41) is 4.22. The lowest BCUT2D eigenvalue weighted by Gasteiger charge is -2.07. The number of nitrogens with two attached hydrogens (primary N) is 1. The van der Waals surface area contributed by atoms with Gasteiger partial charge in [0.25, 0.3) is 5.91 Å². The summed E-state index contributed by atoms with van der Waals surface area (Å²) >= 11 is 5.88. The first-order chi connectivity index (χ1) is 10.7. The molecule has 0 spiro atoms. The predicted octanol–water partition coefficient (Wildman–Crippen LogP) is 2.77. The van der Waals surface area contributed by atoms with Gasteiger partial charge in [-0.1, -0.05) is 42.5 Å². The second kappa shape index (κ2) is 5.99. The van der Waals surface area contributed by atoms with E-state index < -0.39 is 5.91 Å². The largest absolute Gasteiger partial charge is 0.363 e. The third kappa shape index (κ3) is 2.71. The predicted molar refractivity (Wildman–Crippen MR) is 84.9 cm³/mol. The zero-order valence-electron chi connectivity index (χ0n) is 11.6. The molecule has 0 aliphatic carbocycles. The van der Waals surface area contributed by atoms with Gasteiger partial charge in [0.2, 0.25) is 5.82 Å². The number of carbonyl (C=O) groups excluding carboxylic acids is 1. The van der Waals surface area contributed by atoms with Crippen LogP contribution in [0.4, 0.5) is 0 Å². The zero-order valence-corrected chi connectivity index (χ0v) is 12.4. The van der Waals surface area contributed by atoms with Crippen molar-refractivity contribution in [2.75, 3.05) is 0 Å². The van der Waals surface area contributed by atoms with Gasteiger partial charge in [0, 0.05) is 11.4 Å². The Morgan fingerprint density at radius 1 is 1.14 bits per heavy atom. The molecule has 22 heavy (non-hydrogen) atoms. The van der Waals surface area contributed by atoms with Gasteiger partial charge in [0.1, 0.15) is 0 Å². The van der Waals surface area contributed by atoms with Crippen LogP contribution in [0.2, 0.25) is 0 Å². The average molecular weight is 313 g/mol. The van der Waals surface area contributed by atoms with E-state index in [2.05, 4.69) is 10.1 Å². The summed E-state index contributed by atoms with van der Waals surface area (Å²) in [4.78, 5) is 15.7. The van der Waals surface area contributed by atoms with Crippen molar-refractivity contribution in [3.05, 3.63) is 66.0 Å². The lowest BCUT2D eigenvalue weighted by Crippen LogP contribution is -2.13. The third-order valence-corrected chi connectivity index (χ3v) is 3.48. The number of amides is 1. The molecular weight excluding hydrogens is 300 g/mol. The number of benzene rings is 2. The summed E-state index contributed by atoms with van der Waals surface area (Å²) in [5.41, 5.74) is 7.88. The highest BCUT2D eigenvalue weighted by atomic mass is 35.5. The van der Waals surface area contributed by atoms with Crippen LogP contribution in [0.5, 0.6) is 0 Å². The van der Waals surface area contributed by atoms with Crippen molar-refractivity contribution in [1.82, 2.24) is 14.8 Å². The molecule has 110 valence electrons. The Morgan fingerprint density at radius 2 is 1.91 bits per heavy atom. The van der Waals surface area contributed by atoms with Crippen molar-refractivity contribution in [3.63, 3.8) is 0 Å². The van der Waals surface area contributed by atoms with Crippen molar-refractivity contribution in [2.24, 2.45) is 5.73 Å². The normalized spacial score (nSPS) is 10.6. The number of aromatic nitrogens is 3. The fourth-order valence-corrected chi connectivity index (χ4v) is 2.31. The second-order valence-electron chi connectivity index (χ2n) is 4.70. The quantitative estimate of drug-likeness (QED) is 0.753. The molecule has 0 atom stereocenters. The van der Waals surface area contributed by atoms with Gasteiger partial charge in [-0.15, -0.1) is 16.7 Å². The first kappa shape index (κ1) is 14.3. The number of hydrogen-bond donors (Lipinski definition) is 1. The van der Waals surface area contributed by atoms with Gasteiger partial charge < -0.3 is 5.73 Å². The van der Waals surface area contributed by atoms with Crippen LogP contribution in [0, 0.1) is 0 Å². The number of alkyl halides is 1. The Hall–Kier alpha value is -2.66. The molecule has 3 aromatic rings. The highest BCUT2D eigenvalue weighted by Gasteiger charge is 2.16. The molecule has 6 heteroatoms. The molecule has 0 saturated carbocycles. The Bertz CT molecular complexity index is 814. The van der Waals surface area contributed by atoms with Crippen molar-refractivity contribution < 1.29 is 4.79 Å². The van der Waals surface area contributed by atoms with Crippen LogP contribution in [0.1, 0.15) is 16.2 Å². The monoisotopic (exact) mass is 312 g/mol. The van der Waals surface area contributed by atoms with Gasteiger partial charge in [-0.2, -0.15) is 0 Å². The summed E-state index contributed by atoms with van der Waals surface area (Å²) in [5.74, 6) is 0.270. The molecule has 0 unspecified atom stereocenters. The standard InChI is InChI=1S/C16H13ClN4O/c17-10-11-5-4-8-13(9-11)21-16(12-6-2-1-3-7-12)19-15(20-21)14(18)22/h1-9H,10H2,(H2,18,22). The molecule has 0 aliphatic rings. The maximum Gasteiger partial charge on any atom is 0.288 e. The number of halogens is 1. The molecular formula is C16H13ClN4O. The minimum Gasteiger partial charge on any atom is -0.363 e. The molecule has 2 N–H and O–H groups in total. The maximum absolute atomic E-state index is 11.4. The van der Waals surface area contributed by atoms with E-state index in [0.29, 0.717) is 11.7 Å². The molecule has 1 amide bonds. The van der Waals surface area contributed by atoms with E-state index >= 15 is 0 Å². The van der Waals surface area contributed by atoms with Gasteiger partial charge in [-0.3, -0.25) is 4.79 Å². The summed E-state index contributed by atoms with van der Waals surface area (Å²) in [6.07, 6.45) is 0. The number of nitrogens with zero attached hydrogens (tertiary/aromatic N) is 3. The molecule has 0 aliphatic heterocycles. The molecule has 0 fully saturated rings.